The van der Waals surface area contributed by atoms with E-state index in [-0.39, 0.29) is 5.56 Å². The smallest absolute Gasteiger partial charge is 0.266 e. The number of aromatic nitrogens is 4. The highest BCUT2D eigenvalue weighted by Crippen LogP contribution is 2.01. The number of hydrogen-bond donors (Lipinski definition) is 1. The first-order valence-corrected chi connectivity index (χ1v) is 4.99. The normalized spacial score (nSPS) is 9.60. The van der Waals surface area contributed by atoms with Crippen molar-refractivity contribution in [3.05, 3.63) is 28.7 Å². The van der Waals surface area contributed by atoms with Crippen LogP contribution in [0, 0.1) is 6.92 Å². The van der Waals surface area contributed by atoms with E-state index >= 15 is 0 Å². The van der Waals surface area contributed by atoms with Crippen molar-refractivity contribution in [3.63, 3.8) is 0 Å². The Morgan fingerprint density at radius 2 is 2.00 bits per heavy atom. The lowest BCUT2D eigenvalue weighted by Crippen LogP contribution is -2.15. The molecule has 0 amide bonds. The Hall–Kier alpha value is -1.43. The van der Waals surface area contributed by atoms with Gasteiger partial charge in [0.15, 0.2) is 5.52 Å². The molecule has 0 radical (unpaired) electrons. The maximum absolute atomic E-state index is 11.4. The van der Waals surface area contributed by atoms with E-state index < -0.39 is 0 Å². The molecule has 80 valence electrons. The summed E-state index contributed by atoms with van der Waals surface area (Å²) in [4.78, 5) is 23.3. The van der Waals surface area contributed by atoms with Crippen LogP contribution < -0.4 is 5.56 Å². The Balaban J connectivity index is 0.000000531. The highest BCUT2D eigenvalue weighted by atomic mass is 32.1. The van der Waals surface area contributed by atoms with Gasteiger partial charge >= 0.3 is 0 Å². The van der Waals surface area contributed by atoms with Crippen LogP contribution in [0.15, 0.2) is 17.3 Å². The first-order chi connectivity index (χ1) is 7.18. The number of thiol groups is 1. The van der Waals surface area contributed by atoms with Gasteiger partial charge in [0.2, 0.25) is 0 Å². The summed E-state index contributed by atoms with van der Waals surface area (Å²) in [5.41, 5.74) is 0.504. The zero-order valence-electron chi connectivity index (χ0n) is 8.80. The lowest BCUT2D eigenvalue weighted by Gasteiger charge is -1.98. The van der Waals surface area contributed by atoms with Crippen molar-refractivity contribution < 1.29 is 0 Å². The van der Waals surface area contributed by atoms with E-state index in [4.69, 9.17) is 0 Å². The van der Waals surface area contributed by atoms with Gasteiger partial charge in [0, 0.05) is 0 Å². The van der Waals surface area contributed by atoms with Crippen LogP contribution in [-0.2, 0) is 0 Å². The van der Waals surface area contributed by atoms with E-state index in [1.165, 1.54) is 12.5 Å². The number of hydrogen-bond acceptors (Lipinski definition) is 5. The van der Waals surface area contributed by atoms with Crippen LogP contribution in [0.2, 0.25) is 0 Å². The van der Waals surface area contributed by atoms with Gasteiger partial charge in [0.25, 0.3) is 5.56 Å². The van der Waals surface area contributed by atoms with Crippen LogP contribution in [0.25, 0.3) is 11.0 Å². The summed E-state index contributed by atoms with van der Waals surface area (Å²) in [6.45, 7) is 5.72. The third kappa shape index (κ3) is 2.33. The summed E-state index contributed by atoms with van der Waals surface area (Å²) in [7, 11) is 0. The third-order valence-corrected chi connectivity index (χ3v) is 1.89. The molecule has 0 unspecified atom stereocenters. The SMILES string of the molecule is CC.Cc1ncc2ncn(S)c(=O)c2n1. The van der Waals surface area contributed by atoms with Gasteiger partial charge in [-0.05, 0) is 6.92 Å². The standard InChI is InChI=1S/C7H6N4OS.C2H6/c1-4-8-2-5-6(10-4)7(12)11(13)3-9-5;1-2/h2-3,13H,1H3;1-2H3. The molecule has 0 N–H and O–H groups in total. The molecule has 0 fully saturated rings. The molecule has 15 heavy (non-hydrogen) atoms. The fraction of sp³-hybridized carbons (Fsp3) is 0.333. The molecular formula is C9H12N4OS. The monoisotopic (exact) mass is 224 g/mol. The second-order valence-corrected chi connectivity index (χ2v) is 2.98. The van der Waals surface area contributed by atoms with Crippen molar-refractivity contribution in [2.24, 2.45) is 0 Å². The molecule has 6 heteroatoms. The summed E-state index contributed by atoms with van der Waals surface area (Å²) in [6, 6.07) is 0. The molecule has 2 heterocycles. The van der Waals surface area contributed by atoms with Gasteiger partial charge in [0.1, 0.15) is 17.7 Å². The van der Waals surface area contributed by atoms with E-state index in [1.54, 1.807) is 6.92 Å². The molecule has 2 aromatic heterocycles. The molecular weight excluding hydrogens is 212 g/mol. The van der Waals surface area contributed by atoms with Gasteiger partial charge in [-0.3, -0.25) is 4.79 Å². The number of nitrogens with zero attached hydrogens (tertiary/aromatic N) is 4. The average Bonchev–Trinajstić information content (AvgIpc) is 2.27. The topological polar surface area (TPSA) is 60.7 Å². The molecule has 0 aliphatic rings. The van der Waals surface area contributed by atoms with Crippen LogP contribution in [0.3, 0.4) is 0 Å². The Kier molecular flexibility index (Phi) is 3.79. The Morgan fingerprint density at radius 3 is 2.67 bits per heavy atom. The number of fused-ring (bicyclic) bond motifs is 1. The van der Waals surface area contributed by atoms with E-state index in [1.807, 2.05) is 13.8 Å². The lowest BCUT2D eigenvalue weighted by molar-refractivity contribution is 1.03. The molecule has 0 aliphatic heterocycles. The van der Waals surface area contributed by atoms with E-state index in [0.29, 0.717) is 16.9 Å². The summed E-state index contributed by atoms with van der Waals surface area (Å²) in [6.07, 6.45) is 2.85. The van der Waals surface area contributed by atoms with Crippen LogP contribution in [0.4, 0.5) is 0 Å². The molecule has 5 nitrogen and oxygen atoms in total. The summed E-state index contributed by atoms with van der Waals surface area (Å²) < 4.78 is 1.09. The molecule has 0 spiro atoms. The second kappa shape index (κ2) is 4.88. The van der Waals surface area contributed by atoms with Crippen molar-refractivity contribution in [1.82, 2.24) is 18.9 Å². The fourth-order valence-corrected chi connectivity index (χ4v) is 1.14. The van der Waals surface area contributed by atoms with Crippen LogP contribution in [0.1, 0.15) is 19.7 Å². The van der Waals surface area contributed by atoms with Crippen LogP contribution >= 0.6 is 12.8 Å². The first kappa shape index (κ1) is 11.6. The van der Waals surface area contributed by atoms with Crippen molar-refractivity contribution >= 4 is 23.8 Å². The molecule has 0 saturated carbocycles. The first-order valence-electron chi connectivity index (χ1n) is 4.59. The molecule has 0 bridgehead atoms. The second-order valence-electron chi connectivity index (χ2n) is 2.55. The largest absolute Gasteiger partial charge is 0.289 e. The number of rotatable bonds is 0. The van der Waals surface area contributed by atoms with Gasteiger partial charge < -0.3 is 0 Å². The molecule has 0 aromatic carbocycles. The predicted molar refractivity (Wildman–Crippen MR) is 62.1 cm³/mol. The van der Waals surface area contributed by atoms with Crippen molar-refractivity contribution in [2.45, 2.75) is 20.8 Å². The lowest BCUT2D eigenvalue weighted by atomic mass is 10.4. The van der Waals surface area contributed by atoms with Crippen molar-refractivity contribution in [3.8, 4) is 0 Å². The third-order valence-electron chi connectivity index (χ3n) is 1.61. The van der Waals surface area contributed by atoms with Gasteiger partial charge in [-0.1, -0.05) is 26.7 Å². The van der Waals surface area contributed by atoms with Crippen LogP contribution in [-0.4, -0.2) is 18.9 Å². The van der Waals surface area contributed by atoms with E-state index in [9.17, 15) is 4.79 Å². The summed E-state index contributed by atoms with van der Waals surface area (Å²) >= 11 is 3.89. The maximum atomic E-state index is 11.4. The minimum Gasteiger partial charge on any atom is -0.266 e. The number of aryl methyl sites for hydroxylation is 1. The van der Waals surface area contributed by atoms with Crippen molar-refractivity contribution in [1.29, 1.82) is 0 Å². The quantitative estimate of drug-likeness (QED) is 0.683. The molecule has 0 aliphatic carbocycles. The van der Waals surface area contributed by atoms with Gasteiger partial charge in [0.05, 0.1) is 6.20 Å². The Labute approximate surface area is 92.8 Å². The minimum absolute atomic E-state index is 0.279. The molecule has 2 aromatic rings. The highest BCUT2D eigenvalue weighted by Gasteiger charge is 2.03. The summed E-state index contributed by atoms with van der Waals surface area (Å²) in [5.74, 6) is 0.547. The summed E-state index contributed by atoms with van der Waals surface area (Å²) in [5, 5.41) is 0. The molecule has 2 rings (SSSR count). The maximum Gasteiger partial charge on any atom is 0.289 e. The zero-order chi connectivity index (χ0) is 11.4. The predicted octanol–water partition coefficient (Wildman–Crippen LogP) is 1.21. The fourth-order valence-electron chi connectivity index (χ4n) is 0.993. The van der Waals surface area contributed by atoms with Gasteiger partial charge in [-0.15, -0.1) is 0 Å². The Morgan fingerprint density at radius 1 is 1.33 bits per heavy atom. The van der Waals surface area contributed by atoms with Gasteiger partial charge in [-0.2, -0.15) is 0 Å². The minimum atomic E-state index is -0.279. The van der Waals surface area contributed by atoms with Gasteiger partial charge in [-0.25, -0.2) is 18.9 Å². The molecule has 0 atom stereocenters. The zero-order valence-corrected chi connectivity index (χ0v) is 9.69. The average molecular weight is 224 g/mol. The van der Waals surface area contributed by atoms with E-state index in [2.05, 4.69) is 27.8 Å². The Bertz CT molecular complexity index is 518. The highest BCUT2D eigenvalue weighted by molar-refractivity contribution is 7.78. The van der Waals surface area contributed by atoms with Crippen molar-refractivity contribution in [2.75, 3.05) is 0 Å². The van der Waals surface area contributed by atoms with E-state index in [0.717, 1.165) is 3.97 Å². The molecule has 0 saturated heterocycles. The van der Waals surface area contributed by atoms with Crippen LogP contribution in [0.5, 0.6) is 0 Å².